The van der Waals surface area contributed by atoms with Crippen molar-refractivity contribution in [1.29, 1.82) is 0 Å². The summed E-state index contributed by atoms with van der Waals surface area (Å²) in [7, 11) is 0. The molecule has 0 unspecified atom stereocenters. The molecule has 156 valence electrons. The molecule has 1 fully saturated rings. The van der Waals surface area contributed by atoms with Crippen molar-refractivity contribution in [2.45, 2.75) is 0 Å². The van der Waals surface area contributed by atoms with Gasteiger partial charge in [0.2, 0.25) is 0 Å². The molecule has 1 N–H and O–H groups in total. The zero-order valence-corrected chi connectivity index (χ0v) is 18.1. The fourth-order valence-electron chi connectivity index (χ4n) is 3.35. The number of carbonyl (C=O) groups is 1. The van der Waals surface area contributed by atoms with Gasteiger partial charge in [-0.2, -0.15) is 0 Å². The summed E-state index contributed by atoms with van der Waals surface area (Å²) in [5.41, 5.74) is 1.96. The van der Waals surface area contributed by atoms with Gasteiger partial charge in [0.1, 0.15) is 11.6 Å². The molecule has 2 aromatic carbocycles. The van der Waals surface area contributed by atoms with Gasteiger partial charge in [-0.05, 0) is 48.5 Å². The maximum Gasteiger partial charge on any atom is 0.255 e. The molecule has 2 heterocycles. The van der Waals surface area contributed by atoms with Crippen LogP contribution < -0.4 is 4.90 Å². The minimum Gasteiger partial charge on any atom is -0.508 e. The van der Waals surface area contributed by atoms with Crippen LogP contribution in [0.3, 0.4) is 0 Å². The highest BCUT2D eigenvalue weighted by Gasteiger charge is 2.24. The topological polar surface area (TPSA) is 56.7 Å². The molecular formula is C24H19Cl2N3O2. The molecule has 31 heavy (non-hydrogen) atoms. The lowest BCUT2D eigenvalue weighted by Gasteiger charge is -2.35. The summed E-state index contributed by atoms with van der Waals surface area (Å²) in [4.78, 5) is 21.2. The summed E-state index contributed by atoms with van der Waals surface area (Å²) in [6.45, 7) is 2.49. The van der Waals surface area contributed by atoms with Crippen molar-refractivity contribution in [2.24, 2.45) is 0 Å². The third kappa shape index (κ3) is 5.11. The van der Waals surface area contributed by atoms with E-state index < -0.39 is 0 Å². The van der Waals surface area contributed by atoms with E-state index >= 15 is 0 Å². The molecule has 0 atom stereocenters. The number of carbonyl (C=O) groups excluding carboxylic acids is 1. The highest BCUT2D eigenvalue weighted by Crippen LogP contribution is 2.23. The van der Waals surface area contributed by atoms with Gasteiger partial charge in [0.05, 0.1) is 10.6 Å². The van der Waals surface area contributed by atoms with Gasteiger partial charge in [0, 0.05) is 48.5 Å². The van der Waals surface area contributed by atoms with Gasteiger partial charge in [-0.3, -0.25) is 4.79 Å². The van der Waals surface area contributed by atoms with E-state index in [0.29, 0.717) is 41.8 Å². The highest BCUT2D eigenvalue weighted by atomic mass is 35.5. The average molecular weight is 452 g/mol. The van der Waals surface area contributed by atoms with Gasteiger partial charge in [-0.25, -0.2) is 4.98 Å². The van der Waals surface area contributed by atoms with Crippen molar-refractivity contribution in [3.05, 3.63) is 87.5 Å². The smallest absolute Gasteiger partial charge is 0.255 e. The maximum absolute atomic E-state index is 12.8. The number of rotatable bonds is 2. The number of pyridine rings is 1. The first-order chi connectivity index (χ1) is 15.0. The van der Waals surface area contributed by atoms with Gasteiger partial charge >= 0.3 is 0 Å². The lowest BCUT2D eigenvalue weighted by molar-refractivity contribution is 0.0746. The summed E-state index contributed by atoms with van der Waals surface area (Å²) in [5, 5.41) is 10.4. The quantitative estimate of drug-likeness (QED) is 0.584. The molecule has 1 amide bonds. The average Bonchev–Trinajstić information content (AvgIpc) is 2.79. The fourth-order valence-corrected chi connectivity index (χ4v) is 3.72. The minimum absolute atomic E-state index is 0.113. The predicted molar refractivity (Wildman–Crippen MR) is 123 cm³/mol. The summed E-state index contributed by atoms with van der Waals surface area (Å²) in [5.74, 6) is 6.99. The third-order valence-electron chi connectivity index (χ3n) is 4.99. The SMILES string of the molecule is O=C(c1cc(Cl)ccc1Cl)N1CCN(c2ccc(C#Cc3cccc(O)c3)cn2)CC1. The van der Waals surface area contributed by atoms with Gasteiger partial charge in [0.15, 0.2) is 0 Å². The number of piperazine rings is 1. The Morgan fingerprint density at radius 2 is 1.71 bits per heavy atom. The van der Waals surface area contributed by atoms with Crippen molar-refractivity contribution in [2.75, 3.05) is 31.1 Å². The van der Waals surface area contributed by atoms with Gasteiger partial charge in [0.25, 0.3) is 5.91 Å². The number of hydrogen-bond acceptors (Lipinski definition) is 4. The standard InChI is InChI=1S/C24H19Cl2N3O2/c25-19-7-8-22(26)21(15-19)24(31)29-12-10-28(11-13-29)23-9-6-18(16-27-23)5-4-17-2-1-3-20(30)14-17/h1-3,6-9,14-16,30H,10-13H2. The van der Waals surface area contributed by atoms with E-state index in [2.05, 4.69) is 21.7 Å². The Labute approximate surface area is 190 Å². The molecule has 0 saturated carbocycles. The normalized spacial score (nSPS) is 13.5. The highest BCUT2D eigenvalue weighted by molar-refractivity contribution is 6.35. The van der Waals surface area contributed by atoms with Gasteiger partial charge in [-0.15, -0.1) is 0 Å². The van der Waals surface area contributed by atoms with Crippen LogP contribution in [0.25, 0.3) is 0 Å². The molecule has 1 aliphatic heterocycles. The molecule has 1 aromatic heterocycles. The van der Waals surface area contributed by atoms with E-state index in [0.717, 1.165) is 16.9 Å². The van der Waals surface area contributed by atoms with E-state index in [4.69, 9.17) is 23.2 Å². The van der Waals surface area contributed by atoms with Crippen molar-refractivity contribution >= 4 is 34.9 Å². The lowest BCUT2D eigenvalue weighted by Crippen LogP contribution is -2.49. The second-order valence-electron chi connectivity index (χ2n) is 7.11. The summed E-state index contributed by atoms with van der Waals surface area (Å²) < 4.78 is 0. The molecule has 1 saturated heterocycles. The Hall–Kier alpha value is -3.20. The number of nitrogens with zero attached hydrogens (tertiary/aromatic N) is 3. The van der Waals surface area contributed by atoms with Crippen LogP contribution in [-0.2, 0) is 0 Å². The number of anilines is 1. The Morgan fingerprint density at radius 1 is 0.935 bits per heavy atom. The number of phenolic OH excluding ortho intramolecular Hbond substituents is 1. The molecule has 0 radical (unpaired) electrons. The first-order valence-corrected chi connectivity index (χ1v) is 10.5. The Balaban J connectivity index is 1.38. The van der Waals surface area contributed by atoms with Crippen LogP contribution in [0.1, 0.15) is 21.5 Å². The van der Waals surface area contributed by atoms with Crippen LogP contribution in [0.2, 0.25) is 10.0 Å². The van der Waals surface area contributed by atoms with Crippen molar-refractivity contribution in [3.8, 4) is 17.6 Å². The van der Waals surface area contributed by atoms with E-state index in [1.54, 1.807) is 47.5 Å². The molecule has 3 aromatic rings. The Morgan fingerprint density at radius 3 is 2.42 bits per heavy atom. The molecular weight excluding hydrogens is 433 g/mol. The fraction of sp³-hybridized carbons (Fsp3) is 0.167. The van der Waals surface area contributed by atoms with Crippen molar-refractivity contribution < 1.29 is 9.90 Å². The lowest BCUT2D eigenvalue weighted by atomic mass is 10.1. The zero-order chi connectivity index (χ0) is 21.8. The van der Waals surface area contributed by atoms with Crippen LogP contribution in [0.15, 0.2) is 60.8 Å². The van der Waals surface area contributed by atoms with Crippen LogP contribution in [-0.4, -0.2) is 47.1 Å². The largest absolute Gasteiger partial charge is 0.508 e. The van der Waals surface area contributed by atoms with Crippen molar-refractivity contribution in [3.63, 3.8) is 0 Å². The van der Waals surface area contributed by atoms with Gasteiger partial charge < -0.3 is 14.9 Å². The number of hydrogen-bond donors (Lipinski definition) is 1. The Bertz CT molecular complexity index is 1160. The molecule has 1 aliphatic rings. The van der Waals surface area contributed by atoms with Crippen LogP contribution in [0.5, 0.6) is 5.75 Å². The van der Waals surface area contributed by atoms with E-state index in [1.165, 1.54) is 0 Å². The summed E-state index contributed by atoms with van der Waals surface area (Å²) in [6.07, 6.45) is 1.73. The molecule has 5 nitrogen and oxygen atoms in total. The number of halogens is 2. The van der Waals surface area contributed by atoms with Gasteiger partial charge in [-0.1, -0.05) is 41.1 Å². The number of phenols is 1. The van der Waals surface area contributed by atoms with E-state index in [9.17, 15) is 9.90 Å². The monoisotopic (exact) mass is 451 g/mol. The number of amides is 1. The minimum atomic E-state index is -0.113. The number of benzene rings is 2. The molecule has 4 rings (SSSR count). The number of aromatic nitrogens is 1. The first kappa shape index (κ1) is 21.0. The van der Waals surface area contributed by atoms with E-state index in [-0.39, 0.29) is 11.7 Å². The third-order valence-corrected chi connectivity index (χ3v) is 5.56. The Kier molecular flexibility index (Phi) is 6.31. The van der Waals surface area contributed by atoms with Crippen LogP contribution in [0, 0.1) is 11.8 Å². The summed E-state index contributed by atoms with van der Waals surface area (Å²) >= 11 is 12.2. The molecule has 0 spiro atoms. The summed E-state index contributed by atoms with van der Waals surface area (Å²) in [6, 6.07) is 15.6. The first-order valence-electron chi connectivity index (χ1n) is 9.76. The maximum atomic E-state index is 12.8. The molecule has 0 aliphatic carbocycles. The molecule has 7 heteroatoms. The van der Waals surface area contributed by atoms with Crippen LogP contribution >= 0.6 is 23.2 Å². The predicted octanol–water partition coefficient (Wildman–Crippen LogP) is 4.46. The second-order valence-corrected chi connectivity index (χ2v) is 7.95. The van der Waals surface area contributed by atoms with E-state index in [1.807, 2.05) is 18.2 Å². The second kappa shape index (κ2) is 9.30. The molecule has 0 bridgehead atoms. The van der Waals surface area contributed by atoms with Crippen molar-refractivity contribution in [1.82, 2.24) is 9.88 Å². The van der Waals surface area contributed by atoms with Crippen LogP contribution in [0.4, 0.5) is 5.82 Å². The number of aromatic hydroxyl groups is 1. The zero-order valence-electron chi connectivity index (χ0n) is 16.6.